The van der Waals surface area contributed by atoms with E-state index in [0.717, 1.165) is 38.8 Å². The molecular weight excluding hydrogens is 438 g/mol. The first-order chi connectivity index (χ1) is 16.0. The van der Waals surface area contributed by atoms with Crippen molar-refractivity contribution in [2.45, 2.75) is 26.9 Å². The number of fused-ring (bicyclic) bond motifs is 1. The van der Waals surface area contributed by atoms with Gasteiger partial charge in [-0.3, -0.25) is 4.79 Å². The van der Waals surface area contributed by atoms with Crippen molar-refractivity contribution in [2.75, 3.05) is 13.7 Å². The third-order valence-corrected chi connectivity index (χ3v) is 6.08. The van der Waals surface area contributed by atoms with Gasteiger partial charge in [0.2, 0.25) is 0 Å². The van der Waals surface area contributed by atoms with Crippen molar-refractivity contribution >= 4 is 28.5 Å². The zero-order valence-electron chi connectivity index (χ0n) is 18.9. The SMILES string of the molecule is COc1ccccc1C(=O)NCc1nc2ccccc2n1CCOc1cc(C)c(Cl)c(C)c1. The molecule has 170 valence electrons. The van der Waals surface area contributed by atoms with Crippen molar-refractivity contribution in [3.63, 3.8) is 0 Å². The minimum absolute atomic E-state index is 0.213. The molecule has 1 heterocycles. The largest absolute Gasteiger partial charge is 0.496 e. The van der Waals surface area contributed by atoms with E-state index in [2.05, 4.69) is 9.88 Å². The number of hydrogen-bond acceptors (Lipinski definition) is 4. The predicted molar refractivity (Wildman–Crippen MR) is 130 cm³/mol. The number of nitrogens with one attached hydrogen (secondary N) is 1. The Morgan fingerprint density at radius 3 is 2.52 bits per heavy atom. The van der Waals surface area contributed by atoms with Crippen LogP contribution in [0, 0.1) is 13.8 Å². The molecule has 4 rings (SSSR count). The van der Waals surface area contributed by atoms with E-state index in [1.807, 2.05) is 62.4 Å². The monoisotopic (exact) mass is 463 g/mol. The number of hydrogen-bond donors (Lipinski definition) is 1. The minimum Gasteiger partial charge on any atom is -0.496 e. The van der Waals surface area contributed by atoms with Crippen molar-refractivity contribution in [1.82, 2.24) is 14.9 Å². The summed E-state index contributed by atoms with van der Waals surface area (Å²) in [6, 6.07) is 18.9. The molecule has 0 fully saturated rings. The van der Waals surface area contributed by atoms with Gasteiger partial charge in [0.1, 0.15) is 23.9 Å². The summed E-state index contributed by atoms with van der Waals surface area (Å²) in [7, 11) is 1.55. The lowest BCUT2D eigenvalue weighted by Crippen LogP contribution is -2.25. The Morgan fingerprint density at radius 2 is 1.76 bits per heavy atom. The first-order valence-corrected chi connectivity index (χ1v) is 11.1. The Balaban J connectivity index is 1.50. The molecule has 0 spiro atoms. The van der Waals surface area contributed by atoms with Crippen molar-refractivity contribution in [3.05, 3.63) is 88.2 Å². The van der Waals surface area contributed by atoms with Crippen LogP contribution in [0.15, 0.2) is 60.7 Å². The number of carbonyl (C=O) groups is 1. The second-order valence-electron chi connectivity index (χ2n) is 7.77. The number of rotatable bonds is 8. The number of amides is 1. The third kappa shape index (κ3) is 4.96. The van der Waals surface area contributed by atoms with Crippen LogP contribution in [0.25, 0.3) is 11.0 Å². The fraction of sp³-hybridized carbons (Fsp3) is 0.231. The smallest absolute Gasteiger partial charge is 0.255 e. The number of aromatic nitrogens is 2. The summed E-state index contributed by atoms with van der Waals surface area (Å²) in [6.07, 6.45) is 0. The van der Waals surface area contributed by atoms with Gasteiger partial charge in [-0.1, -0.05) is 35.9 Å². The molecule has 1 N–H and O–H groups in total. The number of benzene rings is 3. The number of methoxy groups -OCH3 is 1. The molecule has 1 aromatic heterocycles. The standard InChI is InChI=1S/C26H26ClN3O3/c1-17-14-19(15-18(2)25(17)27)33-13-12-30-22-10-6-5-9-21(22)29-24(30)16-28-26(31)20-8-4-7-11-23(20)32-3/h4-11,14-15H,12-13,16H2,1-3H3,(H,28,31). The quantitative estimate of drug-likeness (QED) is 0.384. The Kier molecular flexibility index (Phi) is 6.84. The highest BCUT2D eigenvalue weighted by Crippen LogP contribution is 2.26. The Morgan fingerprint density at radius 1 is 1.06 bits per heavy atom. The molecule has 0 aliphatic rings. The molecular formula is C26H26ClN3O3. The van der Waals surface area contributed by atoms with E-state index >= 15 is 0 Å². The van der Waals surface area contributed by atoms with Crippen molar-refractivity contribution in [1.29, 1.82) is 0 Å². The van der Waals surface area contributed by atoms with Crippen molar-refractivity contribution in [3.8, 4) is 11.5 Å². The van der Waals surface area contributed by atoms with Gasteiger partial charge in [-0.25, -0.2) is 4.98 Å². The Bertz CT molecular complexity index is 1280. The van der Waals surface area contributed by atoms with Gasteiger partial charge in [0.15, 0.2) is 0 Å². The van der Waals surface area contributed by atoms with E-state index in [1.165, 1.54) is 0 Å². The molecule has 0 unspecified atom stereocenters. The summed E-state index contributed by atoms with van der Waals surface area (Å²) in [6.45, 7) is 5.25. The average molecular weight is 464 g/mol. The van der Waals surface area contributed by atoms with Gasteiger partial charge in [-0.2, -0.15) is 0 Å². The topological polar surface area (TPSA) is 65.4 Å². The van der Waals surface area contributed by atoms with E-state index < -0.39 is 0 Å². The van der Waals surface area contributed by atoms with Crippen LogP contribution in [0.3, 0.4) is 0 Å². The van der Waals surface area contributed by atoms with E-state index in [-0.39, 0.29) is 12.5 Å². The molecule has 0 atom stereocenters. The van der Waals surface area contributed by atoms with Gasteiger partial charge >= 0.3 is 0 Å². The number of aryl methyl sites for hydroxylation is 2. The fourth-order valence-electron chi connectivity index (χ4n) is 3.84. The summed E-state index contributed by atoms with van der Waals surface area (Å²) in [5.74, 6) is 1.86. The highest BCUT2D eigenvalue weighted by molar-refractivity contribution is 6.32. The van der Waals surface area contributed by atoms with Gasteiger partial charge in [-0.05, 0) is 61.4 Å². The maximum absolute atomic E-state index is 12.8. The zero-order chi connectivity index (χ0) is 23.4. The van der Waals surface area contributed by atoms with Crippen LogP contribution in [0.4, 0.5) is 0 Å². The number of halogens is 1. The van der Waals surface area contributed by atoms with Crippen LogP contribution >= 0.6 is 11.6 Å². The van der Waals surface area contributed by atoms with E-state index in [9.17, 15) is 4.79 Å². The first kappa shape index (κ1) is 22.7. The summed E-state index contributed by atoms with van der Waals surface area (Å²) >= 11 is 6.26. The molecule has 0 aliphatic carbocycles. The van der Waals surface area contributed by atoms with Gasteiger partial charge in [0.25, 0.3) is 5.91 Å². The van der Waals surface area contributed by atoms with Crippen molar-refractivity contribution in [2.24, 2.45) is 0 Å². The van der Waals surface area contributed by atoms with Crippen LogP contribution < -0.4 is 14.8 Å². The Hall–Kier alpha value is -3.51. The van der Waals surface area contributed by atoms with Gasteiger partial charge in [-0.15, -0.1) is 0 Å². The molecule has 0 aliphatic heterocycles. The summed E-state index contributed by atoms with van der Waals surface area (Å²) in [4.78, 5) is 17.5. The molecule has 0 saturated heterocycles. The maximum atomic E-state index is 12.8. The molecule has 0 bridgehead atoms. The van der Waals surface area contributed by atoms with Gasteiger partial charge in [0, 0.05) is 5.02 Å². The summed E-state index contributed by atoms with van der Waals surface area (Å²) < 4.78 is 13.4. The van der Waals surface area contributed by atoms with Gasteiger partial charge < -0.3 is 19.4 Å². The van der Waals surface area contributed by atoms with Gasteiger partial charge in [0.05, 0.1) is 36.8 Å². The maximum Gasteiger partial charge on any atom is 0.255 e. The second-order valence-corrected chi connectivity index (χ2v) is 8.15. The summed E-state index contributed by atoms with van der Waals surface area (Å²) in [5, 5.41) is 3.72. The minimum atomic E-state index is -0.213. The zero-order valence-corrected chi connectivity index (χ0v) is 19.6. The van der Waals surface area contributed by atoms with E-state index in [1.54, 1.807) is 19.2 Å². The Labute approximate surface area is 198 Å². The number of imidazole rings is 1. The number of nitrogens with zero attached hydrogens (tertiary/aromatic N) is 2. The molecule has 6 nitrogen and oxygen atoms in total. The highest BCUT2D eigenvalue weighted by Gasteiger charge is 2.15. The highest BCUT2D eigenvalue weighted by atomic mass is 35.5. The van der Waals surface area contributed by atoms with Crippen LogP contribution in [-0.2, 0) is 13.1 Å². The average Bonchev–Trinajstić information content (AvgIpc) is 3.18. The number of carbonyl (C=O) groups excluding carboxylic acids is 1. The van der Waals surface area contributed by atoms with E-state index in [0.29, 0.717) is 24.5 Å². The number of ether oxygens (including phenoxy) is 2. The van der Waals surface area contributed by atoms with Crippen LogP contribution in [-0.4, -0.2) is 29.2 Å². The molecule has 0 radical (unpaired) electrons. The van der Waals surface area contributed by atoms with E-state index in [4.69, 9.17) is 26.1 Å². The molecule has 0 saturated carbocycles. The number of para-hydroxylation sites is 3. The lowest BCUT2D eigenvalue weighted by Gasteiger charge is -2.13. The van der Waals surface area contributed by atoms with Crippen molar-refractivity contribution < 1.29 is 14.3 Å². The normalized spacial score (nSPS) is 10.9. The molecule has 4 aromatic rings. The van der Waals surface area contributed by atoms with Crippen LogP contribution in [0.1, 0.15) is 27.3 Å². The molecule has 7 heteroatoms. The lowest BCUT2D eigenvalue weighted by atomic mass is 10.1. The molecule has 33 heavy (non-hydrogen) atoms. The second kappa shape index (κ2) is 9.96. The van der Waals surface area contributed by atoms with Crippen LogP contribution in [0.2, 0.25) is 5.02 Å². The summed E-state index contributed by atoms with van der Waals surface area (Å²) in [5.41, 5.74) is 4.32. The van der Waals surface area contributed by atoms with Crippen LogP contribution in [0.5, 0.6) is 11.5 Å². The predicted octanol–water partition coefficient (Wildman–Crippen LogP) is 5.32. The molecule has 1 amide bonds. The molecule has 3 aromatic carbocycles. The fourth-order valence-corrected chi connectivity index (χ4v) is 3.95. The lowest BCUT2D eigenvalue weighted by molar-refractivity contribution is 0.0946. The third-order valence-electron chi connectivity index (χ3n) is 5.49. The first-order valence-electron chi connectivity index (χ1n) is 10.7.